The van der Waals surface area contributed by atoms with Gasteiger partial charge in [0.05, 0.1) is 12.2 Å². The molecule has 0 aromatic rings. The Morgan fingerprint density at radius 1 is 1.31 bits per heavy atom. The Hall–Kier alpha value is -0.200. The molecule has 6 atom stereocenters. The fraction of sp³-hybridized carbons (Fsp3) is 1.00. The lowest BCUT2D eigenvalue weighted by molar-refractivity contribution is -0.248. The van der Waals surface area contributed by atoms with Gasteiger partial charge < -0.3 is 24.4 Å². The summed E-state index contributed by atoms with van der Waals surface area (Å²) in [4.78, 5) is 0. The molecule has 0 aromatic carbocycles. The minimum atomic E-state index is -1.25. The summed E-state index contributed by atoms with van der Waals surface area (Å²) in [6, 6.07) is 0. The largest absolute Gasteiger partial charge is 0.370 e. The maximum atomic E-state index is 10.2. The fourth-order valence-electron chi connectivity index (χ4n) is 2.71. The van der Waals surface area contributed by atoms with Crippen LogP contribution in [0.4, 0.5) is 0 Å². The van der Waals surface area contributed by atoms with Crippen LogP contribution >= 0.6 is 0 Å². The maximum Gasteiger partial charge on any atom is 0.165 e. The predicted molar refractivity (Wildman–Crippen MR) is 55.5 cm³/mol. The number of epoxide rings is 1. The van der Waals surface area contributed by atoms with Crippen LogP contribution in [-0.4, -0.2) is 48.7 Å². The van der Waals surface area contributed by atoms with E-state index in [0.29, 0.717) is 12.8 Å². The van der Waals surface area contributed by atoms with Crippen molar-refractivity contribution in [2.45, 2.75) is 44.1 Å². The Labute approximate surface area is 95.3 Å². The van der Waals surface area contributed by atoms with Crippen molar-refractivity contribution in [2.75, 3.05) is 14.2 Å². The molecule has 16 heavy (non-hydrogen) atoms. The third kappa shape index (κ3) is 2.10. The van der Waals surface area contributed by atoms with Gasteiger partial charge in [-0.3, -0.25) is 0 Å². The normalized spacial score (nSPS) is 43.3. The second-order valence-electron chi connectivity index (χ2n) is 4.84. The number of methoxy groups -OCH3 is 2. The van der Waals surface area contributed by atoms with Crippen LogP contribution in [0.2, 0.25) is 0 Å². The molecule has 5 nitrogen and oxygen atoms in total. The van der Waals surface area contributed by atoms with E-state index in [-0.39, 0.29) is 24.0 Å². The Morgan fingerprint density at radius 3 is 2.50 bits per heavy atom. The van der Waals surface area contributed by atoms with Gasteiger partial charge in [-0.15, -0.1) is 0 Å². The van der Waals surface area contributed by atoms with Crippen LogP contribution in [0.1, 0.15) is 19.8 Å². The van der Waals surface area contributed by atoms with E-state index in [1.54, 1.807) is 6.92 Å². The molecule has 1 saturated carbocycles. The average molecular weight is 232 g/mol. The first kappa shape index (κ1) is 12.3. The van der Waals surface area contributed by atoms with Crippen molar-refractivity contribution in [1.29, 1.82) is 0 Å². The third-order valence-electron chi connectivity index (χ3n) is 3.90. The lowest BCUT2D eigenvalue weighted by Gasteiger charge is -2.40. The zero-order valence-electron chi connectivity index (χ0n) is 9.92. The first-order valence-corrected chi connectivity index (χ1v) is 5.63. The van der Waals surface area contributed by atoms with Crippen LogP contribution in [0.3, 0.4) is 0 Å². The van der Waals surface area contributed by atoms with E-state index >= 15 is 0 Å². The fourth-order valence-corrected chi connectivity index (χ4v) is 2.71. The molecule has 5 heteroatoms. The van der Waals surface area contributed by atoms with Gasteiger partial charge in [0.2, 0.25) is 0 Å². The van der Waals surface area contributed by atoms with Crippen molar-refractivity contribution in [1.82, 2.24) is 0 Å². The zero-order chi connectivity index (χ0) is 11.9. The summed E-state index contributed by atoms with van der Waals surface area (Å²) in [5.74, 6) is -1.57. The summed E-state index contributed by atoms with van der Waals surface area (Å²) in [6.07, 6.45) is 0.975. The first-order valence-electron chi connectivity index (χ1n) is 5.63. The number of ether oxygens (including phenoxy) is 3. The molecule has 2 N–H and O–H groups in total. The van der Waals surface area contributed by atoms with Gasteiger partial charge in [-0.2, -0.15) is 0 Å². The van der Waals surface area contributed by atoms with E-state index in [4.69, 9.17) is 14.2 Å². The minimum Gasteiger partial charge on any atom is -0.370 e. The molecule has 0 spiro atoms. The van der Waals surface area contributed by atoms with Crippen molar-refractivity contribution >= 4 is 0 Å². The summed E-state index contributed by atoms with van der Waals surface area (Å²) in [7, 11) is 2.93. The van der Waals surface area contributed by atoms with Gasteiger partial charge in [-0.25, -0.2) is 0 Å². The van der Waals surface area contributed by atoms with E-state index < -0.39 is 12.1 Å². The molecule has 6 unspecified atom stereocenters. The standard InChI is InChI=1S/C11H20O5/c1-11(13,15-3)7-5-9-8(16-9)4-6(7)10(12)14-2/h6-10,12-13H,4-5H2,1-3H3. The van der Waals surface area contributed by atoms with E-state index in [1.807, 2.05) is 0 Å². The quantitative estimate of drug-likeness (QED) is 0.531. The molecule has 94 valence electrons. The van der Waals surface area contributed by atoms with Gasteiger partial charge >= 0.3 is 0 Å². The lowest BCUT2D eigenvalue weighted by atomic mass is 9.74. The molecule has 0 bridgehead atoms. The molecule has 1 saturated heterocycles. The Balaban J connectivity index is 2.12. The van der Waals surface area contributed by atoms with Crippen LogP contribution in [-0.2, 0) is 14.2 Å². The first-order chi connectivity index (χ1) is 7.49. The summed E-state index contributed by atoms with van der Waals surface area (Å²) >= 11 is 0. The number of rotatable bonds is 4. The lowest BCUT2D eigenvalue weighted by Crippen LogP contribution is -2.48. The maximum absolute atomic E-state index is 10.2. The molecular formula is C11H20O5. The molecule has 1 aliphatic heterocycles. The molecule has 0 radical (unpaired) electrons. The number of hydrogen-bond acceptors (Lipinski definition) is 5. The third-order valence-corrected chi connectivity index (χ3v) is 3.90. The highest BCUT2D eigenvalue weighted by atomic mass is 16.6. The molecule has 2 aliphatic rings. The molecule has 2 fully saturated rings. The van der Waals surface area contributed by atoms with Crippen molar-refractivity contribution in [3.8, 4) is 0 Å². The van der Waals surface area contributed by atoms with Crippen LogP contribution < -0.4 is 0 Å². The summed E-state index contributed by atoms with van der Waals surface area (Å²) in [5.41, 5.74) is 0. The van der Waals surface area contributed by atoms with Crippen molar-refractivity contribution < 1.29 is 24.4 Å². The van der Waals surface area contributed by atoms with Gasteiger partial charge in [0.1, 0.15) is 0 Å². The molecule has 0 amide bonds. The highest BCUT2D eigenvalue weighted by Gasteiger charge is 2.55. The van der Waals surface area contributed by atoms with Crippen LogP contribution in [0, 0.1) is 11.8 Å². The van der Waals surface area contributed by atoms with E-state index in [2.05, 4.69) is 0 Å². The van der Waals surface area contributed by atoms with Gasteiger partial charge in [-0.05, 0) is 19.8 Å². The number of fused-ring (bicyclic) bond motifs is 1. The smallest absolute Gasteiger partial charge is 0.165 e. The second kappa shape index (κ2) is 4.23. The Kier molecular flexibility index (Phi) is 3.25. The van der Waals surface area contributed by atoms with Crippen LogP contribution in [0.5, 0.6) is 0 Å². The molecule has 1 heterocycles. The van der Waals surface area contributed by atoms with Crippen molar-refractivity contribution in [3.63, 3.8) is 0 Å². The summed E-state index contributed by atoms with van der Waals surface area (Å²) in [6.45, 7) is 1.62. The highest BCUT2D eigenvalue weighted by molar-refractivity contribution is 4.99. The molecule has 0 aromatic heterocycles. The van der Waals surface area contributed by atoms with Crippen molar-refractivity contribution in [2.24, 2.45) is 11.8 Å². The van der Waals surface area contributed by atoms with Gasteiger partial charge in [-0.1, -0.05) is 0 Å². The monoisotopic (exact) mass is 232 g/mol. The summed E-state index contributed by atoms with van der Waals surface area (Å²) in [5, 5.41) is 20.0. The van der Waals surface area contributed by atoms with Crippen LogP contribution in [0.15, 0.2) is 0 Å². The van der Waals surface area contributed by atoms with Gasteiger partial charge in [0.15, 0.2) is 12.1 Å². The van der Waals surface area contributed by atoms with Crippen molar-refractivity contribution in [3.05, 3.63) is 0 Å². The zero-order valence-corrected chi connectivity index (χ0v) is 9.92. The average Bonchev–Trinajstić information content (AvgIpc) is 3.04. The van der Waals surface area contributed by atoms with Gasteiger partial charge in [0.25, 0.3) is 0 Å². The minimum absolute atomic E-state index is 0.149. The van der Waals surface area contributed by atoms with E-state index in [9.17, 15) is 10.2 Å². The molecular weight excluding hydrogens is 212 g/mol. The Morgan fingerprint density at radius 2 is 1.94 bits per heavy atom. The van der Waals surface area contributed by atoms with Gasteiger partial charge in [0, 0.05) is 26.1 Å². The van der Waals surface area contributed by atoms with E-state index in [0.717, 1.165) is 0 Å². The molecule has 2 rings (SSSR count). The number of aliphatic hydroxyl groups is 2. The number of aliphatic hydroxyl groups excluding tert-OH is 1. The second-order valence-corrected chi connectivity index (χ2v) is 4.84. The highest BCUT2D eigenvalue weighted by Crippen LogP contribution is 2.48. The van der Waals surface area contributed by atoms with E-state index in [1.165, 1.54) is 14.2 Å². The Bertz CT molecular complexity index is 255. The molecule has 1 aliphatic carbocycles. The summed E-state index contributed by atoms with van der Waals surface area (Å²) < 4.78 is 15.5. The van der Waals surface area contributed by atoms with Crippen LogP contribution in [0.25, 0.3) is 0 Å². The number of hydrogen-bond donors (Lipinski definition) is 2. The topological polar surface area (TPSA) is 71.5 Å². The SMILES string of the molecule is COC(O)C1CC2OC2CC1C(C)(O)OC. The predicted octanol–water partition coefficient (Wildman–Crippen LogP) is 0.0997.